The summed E-state index contributed by atoms with van der Waals surface area (Å²) in [6.45, 7) is 5.59. The predicted molar refractivity (Wildman–Crippen MR) is 134 cm³/mol. The van der Waals surface area contributed by atoms with Gasteiger partial charge in [-0.2, -0.15) is 4.31 Å². The number of rotatable bonds is 9. The summed E-state index contributed by atoms with van der Waals surface area (Å²) in [7, 11) is -3.56. The van der Waals surface area contributed by atoms with Crippen LogP contribution < -0.4 is 5.32 Å². The molecular weight excluding hydrogens is 464 g/mol. The van der Waals surface area contributed by atoms with Crippen LogP contribution in [0.1, 0.15) is 49.5 Å². The second kappa shape index (κ2) is 11.2. The molecule has 35 heavy (non-hydrogen) atoms. The molecule has 1 fully saturated rings. The summed E-state index contributed by atoms with van der Waals surface area (Å²) >= 11 is 0. The van der Waals surface area contributed by atoms with Crippen LogP contribution in [0.15, 0.2) is 76.2 Å². The van der Waals surface area contributed by atoms with Crippen molar-refractivity contribution in [3.8, 4) is 0 Å². The van der Waals surface area contributed by atoms with Crippen LogP contribution >= 0.6 is 0 Å². The molecule has 1 aliphatic rings. The quantitative estimate of drug-likeness (QED) is 0.442. The first-order chi connectivity index (χ1) is 16.8. The van der Waals surface area contributed by atoms with E-state index in [4.69, 9.17) is 9.15 Å². The van der Waals surface area contributed by atoms with E-state index in [1.807, 2.05) is 48.5 Å². The van der Waals surface area contributed by atoms with Crippen LogP contribution in [0.4, 0.5) is 5.69 Å². The molecule has 0 saturated carbocycles. The molecule has 1 amide bonds. The predicted octanol–water partition coefficient (Wildman–Crippen LogP) is 5.16. The summed E-state index contributed by atoms with van der Waals surface area (Å²) in [6.07, 6.45) is 2.58. The second-order valence-corrected chi connectivity index (χ2v) is 11.1. The summed E-state index contributed by atoms with van der Waals surface area (Å²) in [5.41, 5.74) is 2.75. The number of sulfonamides is 1. The Morgan fingerprint density at radius 2 is 1.80 bits per heavy atom. The van der Waals surface area contributed by atoms with Gasteiger partial charge in [-0.15, -0.1) is 0 Å². The Hall–Kier alpha value is -2.94. The Morgan fingerprint density at radius 1 is 1.06 bits per heavy atom. The minimum Gasteiger partial charge on any atom is -0.467 e. The Balaban J connectivity index is 1.29. The third-order valence-electron chi connectivity index (χ3n) is 6.30. The molecule has 1 aliphatic heterocycles. The van der Waals surface area contributed by atoms with E-state index in [1.165, 1.54) is 4.31 Å². The average Bonchev–Trinajstić information content (AvgIpc) is 3.38. The number of furan rings is 1. The van der Waals surface area contributed by atoms with Crippen molar-refractivity contribution in [2.45, 2.75) is 50.7 Å². The highest BCUT2D eigenvalue weighted by Crippen LogP contribution is 2.26. The average molecular weight is 497 g/mol. The van der Waals surface area contributed by atoms with Gasteiger partial charge in [0.05, 0.1) is 17.8 Å². The van der Waals surface area contributed by atoms with Gasteiger partial charge in [-0.3, -0.25) is 4.79 Å². The molecule has 1 aromatic heterocycles. The number of nitrogens with zero attached hydrogens (tertiary/aromatic N) is 1. The molecule has 3 aromatic rings. The molecule has 2 aromatic carbocycles. The van der Waals surface area contributed by atoms with E-state index < -0.39 is 10.0 Å². The zero-order valence-corrected chi connectivity index (χ0v) is 21.0. The summed E-state index contributed by atoms with van der Waals surface area (Å²) < 4.78 is 38.5. The minimum absolute atomic E-state index is 0.0861. The highest BCUT2D eigenvalue weighted by atomic mass is 32.2. The molecule has 1 saturated heterocycles. The van der Waals surface area contributed by atoms with Crippen LogP contribution in [-0.2, 0) is 32.8 Å². The largest absolute Gasteiger partial charge is 0.467 e. The van der Waals surface area contributed by atoms with E-state index in [0.29, 0.717) is 55.6 Å². The number of amides is 1. The first-order valence-electron chi connectivity index (χ1n) is 11.9. The smallest absolute Gasteiger partial charge is 0.243 e. The molecule has 8 heteroatoms. The number of nitrogens with one attached hydrogen (secondary N) is 1. The van der Waals surface area contributed by atoms with Gasteiger partial charge < -0.3 is 14.5 Å². The van der Waals surface area contributed by atoms with Gasteiger partial charge in [0.15, 0.2) is 0 Å². The molecule has 0 unspecified atom stereocenters. The third-order valence-corrected chi connectivity index (χ3v) is 8.21. The van der Waals surface area contributed by atoms with Crippen molar-refractivity contribution in [2.24, 2.45) is 5.92 Å². The molecule has 0 aliphatic carbocycles. The number of ether oxygens (including phenoxy) is 1. The third kappa shape index (κ3) is 6.39. The fourth-order valence-corrected chi connectivity index (χ4v) is 5.65. The van der Waals surface area contributed by atoms with E-state index in [9.17, 15) is 13.2 Å². The van der Waals surface area contributed by atoms with Crippen molar-refractivity contribution in [2.75, 3.05) is 18.4 Å². The maximum Gasteiger partial charge on any atom is 0.243 e. The maximum absolute atomic E-state index is 13.0. The number of benzene rings is 2. The number of hydrogen-bond donors (Lipinski definition) is 1. The fraction of sp³-hybridized carbons (Fsp3) is 0.370. The van der Waals surface area contributed by atoms with Gasteiger partial charge in [0.1, 0.15) is 12.4 Å². The minimum atomic E-state index is -3.56. The molecule has 7 nitrogen and oxygen atoms in total. The summed E-state index contributed by atoms with van der Waals surface area (Å²) in [4.78, 5) is 13.2. The van der Waals surface area contributed by atoms with Crippen LogP contribution in [-0.4, -0.2) is 31.7 Å². The van der Waals surface area contributed by atoms with Gasteiger partial charge >= 0.3 is 0 Å². The molecule has 0 spiro atoms. The van der Waals surface area contributed by atoms with E-state index in [0.717, 1.165) is 16.9 Å². The fourth-order valence-electron chi connectivity index (χ4n) is 4.18. The summed E-state index contributed by atoms with van der Waals surface area (Å²) in [5.74, 6) is 0.784. The lowest BCUT2D eigenvalue weighted by Crippen LogP contribution is -2.41. The molecule has 4 rings (SSSR count). The highest BCUT2D eigenvalue weighted by molar-refractivity contribution is 7.89. The number of piperidine rings is 1. The molecular formula is C27H32N2O5S. The Bertz CT molecular complexity index is 1210. The van der Waals surface area contributed by atoms with E-state index in [-0.39, 0.29) is 11.8 Å². The van der Waals surface area contributed by atoms with Gasteiger partial charge in [-0.1, -0.05) is 38.1 Å². The highest BCUT2D eigenvalue weighted by Gasteiger charge is 2.32. The van der Waals surface area contributed by atoms with Gasteiger partial charge in [-0.25, -0.2) is 8.42 Å². The molecule has 1 N–H and O–H groups in total. The van der Waals surface area contributed by atoms with Crippen molar-refractivity contribution in [1.82, 2.24) is 4.31 Å². The standard InChI is InChI=1S/C27H32N2O5S/c1-20(2)22-8-10-26(11-9-22)35(31,32)29-14-12-23(13-15-29)27(30)28-24-6-3-5-21(17-24)18-33-19-25-7-4-16-34-25/h3-11,16-17,20,23H,12-15,18-19H2,1-2H3,(H,28,30). The van der Waals surface area contributed by atoms with Crippen molar-refractivity contribution in [1.29, 1.82) is 0 Å². The van der Waals surface area contributed by atoms with Crippen LogP contribution in [0, 0.1) is 5.92 Å². The topological polar surface area (TPSA) is 88.9 Å². The lowest BCUT2D eigenvalue weighted by Gasteiger charge is -2.30. The van der Waals surface area contributed by atoms with Crippen molar-refractivity contribution in [3.05, 3.63) is 83.8 Å². The first kappa shape index (κ1) is 25.2. The SMILES string of the molecule is CC(C)c1ccc(S(=O)(=O)N2CCC(C(=O)Nc3cccc(COCc4ccco4)c3)CC2)cc1. The molecule has 0 radical (unpaired) electrons. The van der Waals surface area contributed by atoms with Crippen LogP contribution in [0.2, 0.25) is 0 Å². The molecule has 0 bridgehead atoms. The Morgan fingerprint density at radius 3 is 2.46 bits per heavy atom. The van der Waals surface area contributed by atoms with Gasteiger partial charge in [0.2, 0.25) is 15.9 Å². The van der Waals surface area contributed by atoms with E-state index in [1.54, 1.807) is 18.4 Å². The van der Waals surface area contributed by atoms with E-state index in [2.05, 4.69) is 19.2 Å². The van der Waals surface area contributed by atoms with Crippen molar-refractivity contribution >= 4 is 21.6 Å². The normalized spacial score (nSPS) is 15.4. The Kier molecular flexibility index (Phi) is 8.05. The van der Waals surface area contributed by atoms with Crippen LogP contribution in [0.25, 0.3) is 0 Å². The molecule has 2 heterocycles. The van der Waals surface area contributed by atoms with Crippen molar-refractivity contribution < 1.29 is 22.4 Å². The Labute approximate surface area is 207 Å². The van der Waals surface area contributed by atoms with Crippen LogP contribution in [0.5, 0.6) is 0 Å². The summed E-state index contributed by atoms with van der Waals surface area (Å²) in [6, 6.07) is 18.3. The first-order valence-corrected chi connectivity index (χ1v) is 13.4. The number of anilines is 1. The van der Waals surface area contributed by atoms with Crippen molar-refractivity contribution in [3.63, 3.8) is 0 Å². The van der Waals surface area contributed by atoms with Gasteiger partial charge in [0.25, 0.3) is 0 Å². The van der Waals surface area contributed by atoms with Gasteiger partial charge in [0, 0.05) is 24.7 Å². The number of carbonyl (C=O) groups is 1. The lowest BCUT2D eigenvalue weighted by molar-refractivity contribution is -0.120. The monoisotopic (exact) mass is 496 g/mol. The maximum atomic E-state index is 13.0. The van der Waals surface area contributed by atoms with Crippen LogP contribution in [0.3, 0.4) is 0 Å². The van der Waals surface area contributed by atoms with Gasteiger partial charge in [-0.05, 0) is 66.3 Å². The number of carbonyl (C=O) groups excluding carboxylic acids is 1. The zero-order valence-electron chi connectivity index (χ0n) is 20.1. The number of hydrogen-bond acceptors (Lipinski definition) is 5. The van der Waals surface area contributed by atoms with E-state index >= 15 is 0 Å². The summed E-state index contributed by atoms with van der Waals surface area (Å²) in [5, 5.41) is 2.98. The second-order valence-electron chi connectivity index (χ2n) is 9.16. The molecule has 0 atom stereocenters. The lowest BCUT2D eigenvalue weighted by atomic mass is 9.97. The molecule has 186 valence electrons. The zero-order chi connectivity index (χ0) is 24.8.